The summed E-state index contributed by atoms with van der Waals surface area (Å²) in [6, 6.07) is 10.8. The predicted octanol–water partition coefficient (Wildman–Crippen LogP) is 2.55. The van der Waals surface area contributed by atoms with Crippen LogP contribution in [0.3, 0.4) is 0 Å². The van der Waals surface area contributed by atoms with Gasteiger partial charge in [-0.1, -0.05) is 6.07 Å². The van der Waals surface area contributed by atoms with E-state index < -0.39 is 11.9 Å². The summed E-state index contributed by atoms with van der Waals surface area (Å²) in [5.41, 5.74) is 5.95. The Balaban J connectivity index is 2.37. The highest BCUT2D eigenvalue weighted by Gasteiger charge is 2.18. The van der Waals surface area contributed by atoms with E-state index in [-0.39, 0.29) is 11.1 Å². The highest BCUT2D eigenvalue weighted by Crippen LogP contribution is 2.25. The second-order valence-corrected chi connectivity index (χ2v) is 4.18. The van der Waals surface area contributed by atoms with Gasteiger partial charge in [-0.25, -0.2) is 9.59 Å². The van der Waals surface area contributed by atoms with E-state index >= 15 is 0 Å². The molecular weight excluding hydrogens is 274 g/mol. The number of carboxylic acids is 1. The SMILES string of the molecule is COC(=O)c1cc(Oc2cccc(N)c2)ccc1C(=O)O. The summed E-state index contributed by atoms with van der Waals surface area (Å²) in [7, 11) is 1.18. The second kappa shape index (κ2) is 5.96. The molecule has 21 heavy (non-hydrogen) atoms. The van der Waals surface area contributed by atoms with Gasteiger partial charge in [0.2, 0.25) is 0 Å². The minimum Gasteiger partial charge on any atom is -0.478 e. The average molecular weight is 287 g/mol. The van der Waals surface area contributed by atoms with Crippen LogP contribution in [0.5, 0.6) is 11.5 Å². The number of carbonyl (C=O) groups is 2. The summed E-state index contributed by atoms with van der Waals surface area (Å²) in [6.45, 7) is 0. The Morgan fingerprint density at radius 2 is 1.76 bits per heavy atom. The van der Waals surface area contributed by atoms with Gasteiger partial charge in [-0.3, -0.25) is 0 Å². The Bertz CT molecular complexity index is 696. The molecular formula is C15H13NO5. The fourth-order valence-electron chi connectivity index (χ4n) is 1.77. The molecule has 0 aromatic heterocycles. The number of hydrogen-bond acceptors (Lipinski definition) is 5. The number of aromatic carboxylic acids is 1. The maximum Gasteiger partial charge on any atom is 0.338 e. The maximum absolute atomic E-state index is 11.6. The molecule has 0 saturated carbocycles. The van der Waals surface area contributed by atoms with Crippen LogP contribution in [0.4, 0.5) is 5.69 Å². The van der Waals surface area contributed by atoms with Crippen molar-refractivity contribution >= 4 is 17.6 Å². The molecule has 0 unspecified atom stereocenters. The van der Waals surface area contributed by atoms with Crippen LogP contribution in [-0.4, -0.2) is 24.2 Å². The number of nitrogen functional groups attached to an aromatic ring is 1. The van der Waals surface area contributed by atoms with Crippen molar-refractivity contribution in [3.05, 3.63) is 53.6 Å². The third-order valence-electron chi connectivity index (χ3n) is 2.72. The maximum atomic E-state index is 11.6. The minimum absolute atomic E-state index is 0.0774. The van der Waals surface area contributed by atoms with E-state index in [1.54, 1.807) is 24.3 Å². The van der Waals surface area contributed by atoms with Gasteiger partial charge in [-0.2, -0.15) is 0 Å². The van der Waals surface area contributed by atoms with E-state index in [9.17, 15) is 9.59 Å². The van der Waals surface area contributed by atoms with Gasteiger partial charge in [0, 0.05) is 11.8 Å². The molecule has 0 spiro atoms. The summed E-state index contributed by atoms with van der Waals surface area (Å²) in [5.74, 6) is -1.17. The van der Waals surface area contributed by atoms with Crippen LogP contribution in [0.1, 0.15) is 20.7 Å². The third-order valence-corrected chi connectivity index (χ3v) is 2.72. The molecule has 0 radical (unpaired) electrons. The van der Waals surface area contributed by atoms with Crippen LogP contribution in [0.2, 0.25) is 0 Å². The predicted molar refractivity (Wildman–Crippen MR) is 75.7 cm³/mol. The molecule has 0 amide bonds. The van der Waals surface area contributed by atoms with E-state index in [2.05, 4.69) is 4.74 Å². The van der Waals surface area contributed by atoms with Gasteiger partial charge in [-0.15, -0.1) is 0 Å². The number of rotatable bonds is 4. The second-order valence-electron chi connectivity index (χ2n) is 4.18. The van der Waals surface area contributed by atoms with Crippen molar-refractivity contribution in [2.45, 2.75) is 0 Å². The zero-order chi connectivity index (χ0) is 15.4. The Morgan fingerprint density at radius 1 is 1.05 bits per heavy atom. The number of anilines is 1. The number of carbonyl (C=O) groups excluding carboxylic acids is 1. The van der Waals surface area contributed by atoms with E-state index in [1.165, 1.54) is 25.3 Å². The van der Waals surface area contributed by atoms with E-state index in [4.69, 9.17) is 15.6 Å². The van der Waals surface area contributed by atoms with Crippen LogP contribution in [0.25, 0.3) is 0 Å². The van der Waals surface area contributed by atoms with Crippen molar-refractivity contribution in [1.82, 2.24) is 0 Å². The van der Waals surface area contributed by atoms with E-state index in [0.29, 0.717) is 17.2 Å². The fourth-order valence-corrected chi connectivity index (χ4v) is 1.77. The van der Waals surface area contributed by atoms with Crippen LogP contribution in [0.15, 0.2) is 42.5 Å². The lowest BCUT2D eigenvalue weighted by Gasteiger charge is -2.09. The molecule has 6 heteroatoms. The van der Waals surface area contributed by atoms with Gasteiger partial charge in [-0.05, 0) is 30.3 Å². The highest BCUT2D eigenvalue weighted by molar-refractivity contribution is 6.02. The molecule has 0 aliphatic rings. The molecule has 0 bridgehead atoms. The monoisotopic (exact) mass is 287 g/mol. The Labute approximate surface area is 120 Å². The molecule has 0 saturated heterocycles. The molecule has 0 aliphatic heterocycles. The van der Waals surface area contributed by atoms with Crippen molar-refractivity contribution in [1.29, 1.82) is 0 Å². The highest BCUT2D eigenvalue weighted by atomic mass is 16.5. The molecule has 2 aromatic rings. The number of carboxylic acid groups (broad SMARTS) is 1. The van der Waals surface area contributed by atoms with Gasteiger partial charge < -0.3 is 20.3 Å². The molecule has 0 atom stereocenters. The smallest absolute Gasteiger partial charge is 0.338 e. The number of nitrogens with two attached hydrogens (primary N) is 1. The lowest BCUT2D eigenvalue weighted by atomic mass is 10.1. The largest absolute Gasteiger partial charge is 0.478 e. The Hall–Kier alpha value is -3.02. The summed E-state index contributed by atoms with van der Waals surface area (Å²) < 4.78 is 10.1. The van der Waals surface area contributed by atoms with Gasteiger partial charge in [0.1, 0.15) is 11.5 Å². The number of hydrogen-bond donors (Lipinski definition) is 2. The topological polar surface area (TPSA) is 98.9 Å². The van der Waals surface area contributed by atoms with Gasteiger partial charge in [0.15, 0.2) is 0 Å². The zero-order valence-electron chi connectivity index (χ0n) is 11.2. The van der Waals surface area contributed by atoms with Crippen molar-refractivity contribution < 1.29 is 24.2 Å². The molecule has 6 nitrogen and oxygen atoms in total. The van der Waals surface area contributed by atoms with Crippen molar-refractivity contribution in [3.63, 3.8) is 0 Å². The van der Waals surface area contributed by atoms with Crippen LogP contribution < -0.4 is 10.5 Å². The molecule has 3 N–H and O–H groups in total. The molecule has 108 valence electrons. The Morgan fingerprint density at radius 3 is 2.38 bits per heavy atom. The van der Waals surface area contributed by atoms with E-state index in [1.807, 2.05) is 0 Å². The standard InChI is InChI=1S/C15H13NO5/c1-20-15(19)13-8-11(5-6-12(13)14(17)18)21-10-4-2-3-9(16)7-10/h2-8H,16H2,1H3,(H,17,18). The average Bonchev–Trinajstić information content (AvgIpc) is 2.46. The Kier molecular flexibility index (Phi) is 4.08. The first-order valence-electron chi connectivity index (χ1n) is 6.00. The first-order valence-corrected chi connectivity index (χ1v) is 6.00. The normalized spacial score (nSPS) is 9.95. The molecule has 2 aromatic carbocycles. The van der Waals surface area contributed by atoms with Gasteiger partial charge >= 0.3 is 11.9 Å². The van der Waals surface area contributed by atoms with Gasteiger partial charge in [0.25, 0.3) is 0 Å². The van der Waals surface area contributed by atoms with Gasteiger partial charge in [0.05, 0.1) is 18.2 Å². The van der Waals surface area contributed by atoms with E-state index in [0.717, 1.165) is 0 Å². The van der Waals surface area contributed by atoms with Crippen LogP contribution in [-0.2, 0) is 4.74 Å². The number of ether oxygens (including phenoxy) is 2. The lowest BCUT2D eigenvalue weighted by molar-refractivity contribution is 0.0582. The summed E-state index contributed by atoms with van der Waals surface area (Å²) in [4.78, 5) is 22.7. The zero-order valence-corrected chi connectivity index (χ0v) is 11.2. The number of benzene rings is 2. The van der Waals surface area contributed by atoms with Crippen molar-refractivity contribution in [2.24, 2.45) is 0 Å². The quantitative estimate of drug-likeness (QED) is 0.662. The van der Waals surface area contributed by atoms with Crippen LogP contribution in [0, 0.1) is 0 Å². The molecule has 0 fully saturated rings. The number of esters is 1. The number of methoxy groups -OCH3 is 1. The lowest BCUT2D eigenvalue weighted by Crippen LogP contribution is -2.10. The molecule has 0 heterocycles. The summed E-state index contributed by atoms with van der Waals surface area (Å²) >= 11 is 0. The van der Waals surface area contributed by atoms with Crippen molar-refractivity contribution in [3.8, 4) is 11.5 Å². The molecule has 0 aliphatic carbocycles. The summed E-state index contributed by atoms with van der Waals surface area (Å²) in [5, 5.41) is 9.06. The minimum atomic E-state index is -1.22. The first-order chi connectivity index (χ1) is 10.0. The van der Waals surface area contributed by atoms with Crippen molar-refractivity contribution in [2.75, 3.05) is 12.8 Å². The van der Waals surface area contributed by atoms with Crippen LogP contribution >= 0.6 is 0 Å². The first kappa shape index (κ1) is 14.4. The fraction of sp³-hybridized carbons (Fsp3) is 0.0667. The third kappa shape index (κ3) is 3.30. The molecule has 2 rings (SSSR count). The summed E-state index contributed by atoms with van der Waals surface area (Å²) in [6.07, 6.45) is 0.